The van der Waals surface area contributed by atoms with Gasteiger partial charge in [-0.2, -0.15) is 0 Å². The molecule has 0 fully saturated rings. The van der Waals surface area contributed by atoms with Crippen LogP contribution in [0.3, 0.4) is 0 Å². The second kappa shape index (κ2) is 13.3. The van der Waals surface area contributed by atoms with Gasteiger partial charge in [0.2, 0.25) is 0 Å². The van der Waals surface area contributed by atoms with Gasteiger partial charge in [-0.3, -0.25) is 4.79 Å². The van der Waals surface area contributed by atoms with Gasteiger partial charge in [-0.05, 0) is 65.5 Å². The number of hydrogen-bond donors (Lipinski definition) is 1. The summed E-state index contributed by atoms with van der Waals surface area (Å²) in [7, 11) is 0. The predicted molar refractivity (Wildman–Crippen MR) is 98.1 cm³/mol. The molecule has 0 aliphatic carbocycles. The zero-order valence-electron chi connectivity index (χ0n) is 14.9. The summed E-state index contributed by atoms with van der Waals surface area (Å²) in [5.41, 5.74) is 3.54. The third-order valence-electron chi connectivity index (χ3n) is 3.47. The Morgan fingerprint density at radius 2 is 1.64 bits per heavy atom. The molecule has 0 unspecified atom stereocenters. The standard InChI is InChI=1S/C20H33NO/c1-6-7-15-21-16-14-18(4)11-9-12-19(5)20(22)13-8-10-17(2)3/h6,10,12,14,21H,1,7-9,11,13,15-16H2,2-5H3. The number of rotatable bonds is 12. The van der Waals surface area contributed by atoms with E-state index in [0.29, 0.717) is 6.42 Å². The van der Waals surface area contributed by atoms with Crippen LogP contribution in [-0.2, 0) is 4.79 Å². The normalized spacial score (nSPS) is 12.2. The second-order valence-corrected chi connectivity index (χ2v) is 6.00. The lowest BCUT2D eigenvalue weighted by molar-refractivity contribution is -0.115. The highest BCUT2D eigenvalue weighted by Crippen LogP contribution is 2.09. The molecule has 0 aliphatic rings. The van der Waals surface area contributed by atoms with Crippen LogP contribution in [0.1, 0.15) is 59.8 Å². The van der Waals surface area contributed by atoms with Crippen molar-refractivity contribution in [2.45, 2.75) is 59.8 Å². The largest absolute Gasteiger partial charge is 0.313 e. The van der Waals surface area contributed by atoms with Crippen LogP contribution in [0.15, 0.2) is 47.6 Å². The molecule has 1 N–H and O–H groups in total. The molecule has 2 heteroatoms. The predicted octanol–water partition coefficient (Wildman–Crippen LogP) is 5.14. The third-order valence-corrected chi connectivity index (χ3v) is 3.47. The van der Waals surface area contributed by atoms with E-state index in [1.54, 1.807) is 0 Å². The molecule has 124 valence electrons. The van der Waals surface area contributed by atoms with Crippen LogP contribution in [-0.4, -0.2) is 18.9 Å². The topological polar surface area (TPSA) is 29.1 Å². The fourth-order valence-electron chi connectivity index (χ4n) is 1.97. The van der Waals surface area contributed by atoms with Crippen LogP contribution < -0.4 is 5.32 Å². The Hall–Kier alpha value is -1.41. The third kappa shape index (κ3) is 12.3. The van der Waals surface area contributed by atoms with E-state index in [4.69, 9.17) is 0 Å². The SMILES string of the molecule is C=CCCNCC=C(C)CCC=C(C)C(=O)CCC=C(C)C. The molecular weight excluding hydrogens is 270 g/mol. The number of nitrogens with one attached hydrogen (secondary N) is 1. The van der Waals surface area contributed by atoms with Gasteiger partial charge in [-0.25, -0.2) is 0 Å². The van der Waals surface area contributed by atoms with Crippen LogP contribution in [0.5, 0.6) is 0 Å². The van der Waals surface area contributed by atoms with Gasteiger partial charge in [0.1, 0.15) is 0 Å². The fraction of sp³-hybridized carbons (Fsp3) is 0.550. The number of carbonyl (C=O) groups is 1. The summed E-state index contributed by atoms with van der Waals surface area (Å²) in [6, 6.07) is 0. The van der Waals surface area contributed by atoms with E-state index in [9.17, 15) is 4.79 Å². The van der Waals surface area contributed by atoms with Crippen molar-refractivity contribution in [2.75, 3.05) is 13.1 Å². The maximum atomic E-state index is 11.9. The Labute approximate surface area is 137 Å². The molecule has 0 aromatic carbocycles. The second-order valence-electron chi connectivity index (χ2n) is 6.00. The summed E-state index contributed by atoms with van der Waals surface area (Å²) in [4.78, 5) is 11.9. The van der Waals surface area contributed by atoms with Gasteiger partial charge in [-0.15, -0.1) is 6.58 Å². The highest BCUT2D eigenvalue weighted by molar-refractivity contribution is 5.94. The van der Waals surface area contributed by atoms with Gasteiger partial charge in [0.05, 0.1) is 0 Å². The van der Waals surface area contributed by atoms with Gasteiger partial charge in [-0.1, -0.05) is 35.5 Å². The van der Waals surface area contributed by atoms with Gasteiger partial charge < -0.3 is 5.32 Å². The zero-order chi connectivity index (χ0) is 16.8. The van der Waals surface area contributed by atoms with Crippen molar-refractivity contribution in [1.29, 1.82) is 0 Å². The highest BCUT2D eigenvalue weighted by atomic mass is 16.1. The van der Waals surface area contributed by atoms with Crippen LogP contribution in [0.2, 0.25) is 0 Å². The molecule has 0 saturated heterocycles. The first kappa shape index (κ1) is 20.6. The number of hydrogen-bond acceptors (Lipinski definition) is 2. The molecule has 0 aliphatic heterocycles. The van der Waals surface area contributed by atoms with E-state index in [2.05, 4.69) is 50.9 Å². The summed E-state index contributed by atoms with van der Waals surface area (Å²) < 4.78 is 0. The fourth-order valence-corrected chi connectivity index (χ4v) is 1.97. The number of ketones is 1. The van der Waals surface area contributed by atoms with E-state index < -0.39 is 0 Å². The van der Waals surface area contributed by atoms with Crippen molar-refractivity contribution in [2.24, 2.45) is 0 Å². The summed E-state index contributed by atoms with van der Waals surface area (Å²) in [5, 5.41) is 3.34. The number of allylic oxidation sites excluding steroid dienone is 5. The average Bonchev–Trinajstić information content (AvgIpc) is 2.46. The molecule has 0 rings (SSSR count). The summed E-state index contributed by atoms with van der Waals surface area (Å²) in [6.07, 6.45) is 12.8. The van der Waals surface area contributed by atoms with Crippen molar-refractivity contribution in [3.8, 4) is 0 Å². The van der Waals surface area contributed by atoms with E-state index in [-0.39, 0.29) is 5.78 Å². The van der Waals surface area contributed by atoms with Gasteiger partial charge >= 0.3 is 0 Å². The summed E-state index contributed by atoms with van der Waals surface area (Å²) in [6.45, 7) is 13.8. The Morgan fingerprint density at radius 1 is 0.955 bits per heavy atom. The molecule has 0 atom stereocenters. The Kier molecular flexibility index (Phi) is 12.4. The molecule has 0 amide bonds. The monoisotopic (exact) mass is 303 g/mol. The first-order valence-corrected chi connectivity index (χ1v) is 8.28. The molecular formula is C20H33NO. The molecule has 2 nitrogen and oxygen atoms in total. The summed E-state index contributed by atoms with van der Waals surface area (Å²) in [5.74, 6) is 0.269. The van der Waals surface area contributed by atoms with Gasteiger partial charge in [0.25, 0.3) is 0 Å². The van der Waals surface area contributed by atoms with Crippen molar-refractivity contribution in [1.82, 2.24) is 5.32 Å². The zero-order valence-corrected chi connectivity index (χ0v) is 14.9. The first-order chi connectivity index (χ1) is 10.5. The smallest absolute Gasteiger partial charge is 0.158 e. The Balaban J connectivity index is 3.98. The van der Waals surface area contributed by atoms with E-state index >= 15 is 0 Å². The molecule has 0 saturated carbocycles. The number of Topliss-reactive ketones (excluding diaryl/α,β-unsaturated/α-hetero) is 1. The molecule has 0 radical (unpaired) electrons. The quantitative estimate of drug-likeness (QED) is 0.307. The average molecular weight is 303 g/mol. The maximum Gasteiger partial charge on any atom is 0.158 e. The van der Waals surface area contributed by atoms with E-state index in [0.717, 1.165) is 44.3 Å². The van der Waals surface area contributed by atoms with Crippen LogP contribution in [0, 0.1) is 0 Å². The van der Waals surface area contributed by atoms with Crippen molar-refractivity contribution in [3.63, 3.8) is 0 Å². The molecule has 0 aromatic rings. The molecule has 0 aromatic heterocycles. The van der Waals surface area contributed by atoms with Crippen molar-refractivity contribution >= 4 is 5.78 Å². The Morgan fingerprint density at radius 3 is 2.27 bits per heavy atom. The van der Waals surface area contributed by atoms with Crippen LogP contribution in [0.25, 0.3) is 0 Å². The van der Waals surface area contributed by atoms with Gasteiger partial charge in [0, 0.05) is 13.0 Å². The van der Waals surface area contributed by atoms with Crippen LogP contribution in [0.4, 0.5) is 0 Å². The molecule has 0 heterocycles. The Bertz CT molecular complexity index is 423. The van der Waals surface area contributed by atoms with Crippen molar-refractivity contribution in [3.05, 3.63) is 47.6 Å². The lowest BCUT2D eigenvalue weighted by atomic mass is 10.0. The summed E-state index contributed by atoms with van der Waals surface area (Å²) >= 11 is 0. The van der Waals surface area contributed by atoms with E-state index in [1.807, 2.05) is 13.0 Å². The molecule has 0 spiro atoms. The highest BCUT2D eigenvalue weighted by Gasteiger charge is 2.02. The minimum absolute atomic E-state index is 0.269. The maximum absolute atomic E-state index is 11.9. The lowest BCUT2D eigenvalue weighted by Gasteiger charge is -2.02. The minimum Gasteiger partial charge on any atom is -0.313 e. The molecule has 22 heavy (non-hydrogen) atoms. The van der Waals surface area contributed by atoms with Crippen molar-refractivity contribution < 1.29 is 4.79 Å². The van der Waals surface area contributed by atoms with Gasteiger partial charge in [0.15, 0.2) is 5.78 Å². The molecule has 0 bridgehead atoms. The number of carbonyl (C=O) groups excluding carboxylic acids is 1. The lowest BCUT2D eigenvalue weighted by Crippen LogP contribution is -2.14. The first-order valence-electron chi connectivity index (χ1n) is 8.28. The minimum atomic E-state index is 0.269. The van der Waals surface area contributed by atoms with Crippen LogP contribution >= 0.6 is 0 Å². The van der Waals surface area contributed by atoms with E-state index in [1.165, 1.54) is 11.1 Å².